The number of carbonyl (C=O) groups is 1. The number of anilines is 1. The summed E-state index contributed by atoms with van der Waals surface area (Å²) in [7, 11) is 0. The summed E-state index contributed by atoms with van der Waals surface area (Å²) >= 11 is 0. The number of hydrogen-bond donors (Lipinski definition) is 1. The largest absolute Gasteiger partial charge is 0.489 e. The zero-order valence-electron chi connectivity index (χ0n) is 13.3. The number of rotatable bonds is 5. The fourth-order valence-electron chi connectivity index (χ4n) is 2.28. The van der Waals surface area contributed by atoms with Crippen LogP contribution in [0.2, 0.25) is 0 Å². The number of aromatic nitrogens is 1. The SMILES string of the molecule is N#Cc1ccccc1COc1cccc(C(=O)Nc2cccnc2)c1. The number of nitriles is 1. The topological polar surface area (TPSA) is 75.0 Å². The highest BCUT2D eigenvalue weighted by Gasteiger charge is 2.08. The molecule has 5 heteroatoms. The predicted octanol–water partition coefficient (Wildman–Crippen LogP) is 3.78. The van der Waals surface area contributed by atoms with Crippen LogP contribution in [-0.2, 0) is 6.61 Å². The Morgan fingerprint density at radius 2 is 2.00 bits per heavy atom. The van der Waals surface area contributed by atoms with Gasteiger partial charge in [0, 0.05) is 17.3 Å². The second-order valence-electron chi connectivity index (χ2n) is 5.28. The first kappa shape index (κ1) is 16.2. The van der Waals surface area contributed by atoms with Crippen LogP contribution in [0.3, 0.4) is 0 Å². The number of nitrogens with one attached hydrogen (secondary N) is 1. The first-order valence-corrected chi connectivity index (χ1v) is 7.68. The van der Waals surface area contributed by atoms with Crippen molar-refractivity contribution in [1.82, 2.24) is 4.98 Å². The monoisotopic (exact) mass is 329 g/mol. The number of benzene rings is 2. The van der Waals surface area contributed by atoms with Crippen LogP contribution in [0, 0.1) is 11.3 Å². The van der Waals surface area contributed by atoms with E-state index >= 15 is 0 Å². The number of hydrogen-bond acceptors (Lipinski definition) is 4. The van der Waals surface area contributed by atoms with Crippen LogP contribution in [0.4, 0.5) is 5.69 Å². The van der Waals surface area contributed by atoms with Gasteiger partial charge in [0.1, 0.15) is 12.4 Å². The zero-order chi connectivity index (χ0) is 17.5. The second kappa shape index (κ2) is 7.75. The molecule has 0 aliphatic heterocycles. The van der Waals surface area contributed by atoms with Gasteiger partial charge in [0.05, 0.1) is 23.5 Å². The first-order chi connectivity index (χ1) is 12.3. The van der Waals surface area contributed by atoms with Crippen molar-refractivity contribution >= 4 is 11.6 Å². The molecule has 0 bridgehead atoms. The molecule has 1 N–H and O–H groups in total. The molecule has 5 nitrogen and oxygen atoms in total. The average molecular weight is 329 g/mol. The van der Waals surface area contributed by atoms with Gasteiger partial charge >= 0.3 is 0 Å². The number of ether oxygens (including phenoxy) is 1. The summed E-state index contributed by atoms with van der Waals surface area (Å²) in [6, 6.07) is 19.8. The van der Waals surface area contributed by atoms with Crippen LogP contribution in [0.5, 0.6) is 5.75 Å². The van der Waals surface area contributed by atoms with Crippen LogP contribution in [0.15, 0.2) is 73.1 Å². The molecule has 1 aromatic heterocycles. The molecule has 0 saturated heterocycles. The lowest BCUT2D eigenvalue weighted by molar-refractivity contribution is 0.102. The van der Waals surface area contributed by atoms with Gasteiger partial charge in [0.25, 0.3) is 5.91 Å². The van der Waals surface area contributed by atoms with Gasteiger partial charge < -0.3 is 10.1 Å². The van der Waals surface area contributed by atoms with Crippen molar-refractivity contribution in [2.45, 2.75) is 6.61 Å². The smallest absolute Gasteiger partial charge is 0.255 e. The molecule has 25 heavy (non-hydrogen) atoms. The van der Waals surface area contributed by atoms with Gasteiger partial charge in [-0.15, -0.1) is 0 Å². The lowest BCUT2D eigenvalue weighted by atomic mass is 10.1. The van der Waals surface area contributed by atoms with Crippen molar-refractivity contribution in [3.05, 3.63) is 89.7 Å². The second-order valence-corrected chi connectivity index (χ2v) is 5.28. The zero-order valence-corrected chi connectivity index (χ0v) is 13.3. The molecule has 0 spiro atoms. The summed E-state index contributed by atoms with van der Waals surface area (Å²) in [6.07, 6.45) is 3.22. The summed E-state index contributed by atoms with van der Waals surface area (Å²) < 4.78 is 5.73. The molecular weight excluding hydrogens is 314 g/mol. The van der Waals surface area contributed by atoms with Crippen molar-refractivity contribution in [3.8, 4) is 11.8 Å². The standard InChI is InChI=1S/C20H15N3O2/c21-12-16-5-1-2-6-17(16)14-25-19-9-3-7-15(11-19)20(24)23-18-8-4-10-22-13-18/h1-11,13H,14H2,(H,23,24). The van der Waals surface area contributed by atoms with E-state index in [0.717, 1.165) is 5.56 Å². The van der Waals surface area contributed by atoms with Gasteiger partial charge in [-0.25, -0.2) is 0 Å². The van der Waals surface area contributed by atoms with E-state index in [4.69, 9.17) is 10.00 Å². The summed E-state index contributed by atoms with van der Waals surface area (Å²) in [5.41, 5.74) is 2.49. The number of pyridine rings is 1. The molecule has 0 saturated carbocycles. The summed E-state index contributed by atoms with van der Waals surface area (Å²) in [5, 5.41) is 11.9. The van der Waals surface area contributed by atoms with Crippen molar-refractivity contribution < 1.29 is 9.53 Å². The van der Waals surface area contributed by atoms with Gasteiger partial charge in [-0.05, 0) is 36.4 Å². The molecule has 1 amide bonds. The van der Waals surface area contributed by atoms with Crippen molar-refractivity contribution in [2.24, 2.45) is 0 Å². The summed E-state index contributed by atoms with van der Waals surface area (Å²) in [5.74, 6) is 0.322. The Hall–Kier alpha value is -3.65. The van der Waals surface area contributed by atoms with E-state index in [0.29, 0.717) is 22.6 Å². The molecular formula is C20H15N3O2. The van der Waals surface area contributed by atoms with Crippen molar-refractivity contribution in [1.29, 1.82) is 5.26 Å². The predicted molar refractivity (Wildman–Crippen MR) is 94.1 cm³/mol. The maximum absolute atomic E-state index is 12.3. The van der Waals surface area contributed by atoms with E-state index in [1.165, 1.54) is 0 Å². The molecule has 0 aliphatic rings. The maximum Gasteiger partial charge on any atom is 0.255 e. The third-order valence-electron chi connectivity index (χ3n) is 3.55. The highest BCUT2D eigenvalue weighted by Crippen LogP contribution is 2.17. The average Bonchev–Trinajstić information content (AvgIpc) is 2.67. The minimum atomic E-state index is -0.240. The number of amides is 1. The Bertz CT molecular complexity index is 917. The summed E-state index contributed by atoms with van der Waals surface area (Å²) in [6.45, 7) is 0.261. The van der Waals surface area contributed by atoms with E-state index in [1.807, 2.05) is 18.2 Å². The van der Waals surface area contributed by atoms with Gasteiger partial charge in [0.15, 0.2) is 0 Å². The van der Waals surface area contributed by atoms with Crippen LogP contribution in [0.25, 0.3) is 0 Å². The normalized spacial score (nSPS) is 9.88. The van der Waals surface area contributed by atoms with Crippen LogP contribution in [0.1, 0.15) is 21.5 Å². The van der Waals surface area contributed by atoms with Gasteiger partial charge in [-0.2, -0.15) is 5.26 Å². The molecule has 0 unspecified atom stereocenters. The first-order valence-electron chi connectivity index (χ1n) is 7.68. The van der Waals surface area contributed by atoms with E-state index in [1.54, 1.807) is 54.9 Å². The minimum absolute atomic E-state index is 0.240. The number of nitrogens with zero attached hydrogens (tertiary/aromatic N) is 2. The van der Waals surface area contributed by atoms with E-state index in [-0.39, 0.29) is 12.5 Å². The number of carbonyl (C=O) groups excluding carboxylic acids is 1. The molecule has 0 fully saturated rings. The lowest BCUT2D eigenvalue weighted by Gasteiger charge is -2.09. The van der Waals surface area contributed by atoms with Gasteiger partial charge in [-0.3, -0.25) is 9.78 Å². The van der Waals surface area contributed by atoms with Gasteiger partial charge in [-0.1, -0.05) is 24.3 Å². The third-order valence-corrected chi connectivity index (χ3v) is 3.55. The molecule has 122 valence electrons. The fourth-order valence-corrected chi connectivity index (χ4v) is 2.28. The van der Waals surface area contributed by atoms with E-state index in [2.05, 4.69) is 16.4 Å². The third kappa shape index (κ3) is 4.21. The molecule has 0 atom stereocenters. The Labute approximate surface area is 145 Å². The lowest BCUT2D eigenvalue weighted by Crippen LogP contribution is -2.12. The van der Waals surface area contributed by atoms with Crippen LogP contribution in [-0.4, -0.2) is 10.9 Å². The van der Waals surface area contributed by atoms with Crippen molar-refractivity contribution in [3.63, 3.8) is 0 Å². The molecule has 3 rings (SSSR count). The molecule has 3 aromatic rings. The Kier molecular flexibility index (Phi) is 5.03. The summed E-state index contributed by atoms with van der Waals surface area (Å²) in [4.78, 5) is 16.3. The fraction of sp³-hybridized carbons (Fsp3) is 0.0500. The van der Waals surface area contributed by atoms with E-state index < -0.39 is 0 Å². The molecule has 2 aromatic carbocycles. The molecule has 0 aliphatic carbocycles. The Balaban J connectivity index is 1.69. The van der Waals surface area contributed by atoms with Crippen LogP contribution < -0.4 is 10.1 Å². The highest BCUT2D eigenvalue weighted by molar-refractivity contribution is 6.04. The Morgan fingerprint density at radius 1 is 1.12 bits per heavy atom. The molecule has 0 radical (unpaired) electrons. The highest BCUT2D eigenvalue weighted by atomic mass is 16.5. The quantitative estimate of drug-likeness (QED) is 0.773. The maximum atomic E-state index is 12.3. The Morgan fingerprint density at radius 3 is 2.80 bits per heavy atom. The van der Waals surface area contributed by atoms with Crippen molar-refractivity contribution in [2.75, 3.05) is 5.32 Å². The minimum Gasteiger partial charge on any atom is -0.489 e. The van der Waals surface area contributed by atoms with E-state index in [9.17, 15) is 4.79 Å². The van der Waals surface area contributed by atoms with Gasteiger partial charge in [0.2, 0.25) is 0 Å². The molecule has 1 heterocycles. The van der Waals surface area contributed by atoms with Crippen LogP contribution >= 0.6 is 0 Å².